The molecule has 0 aliphatic carbocycles. The van der Waals surface area contributed by atoms with Gasteiger partial charge in [-0.3, -0.25) is 14.6 Å². The third-order valence-electron chi connectivity index (χ3n) is 3.51. The van der Waals surface area contributed by atoms with Crippen molar-refractivity contribution in [3.63, 3.8) is 0 Å². The second kappa shape index (κ2) is 5.17. The molecule has 1 fully saturated rings. The van der Waals surface area contributed by atoms with Crippen LogP contribution in [0.3, 0.4) is 0 Å². The minimum Gasteiger partial charge on any atom is -0.337 e. The lowest BCUT2D eigenvalue weighted by Gasteiger charge is -2.39. The maximum absolute atomic E-state index is 12.3. The monoisotopic (exact) mass is 286 g/mol. The lowest BCUT2D eigenvalue weighted by Crippen LogP contribution is -2.48. The number of hydrogen-bond acceptors (Lipinski definition) is 4. The van der Waals surface area contributed by atoms with Crippen molar-refractivity contribution in [2.24, 2.45) is 0 Å². The van der Waals surface area contributed by atoms with Gasteiger partial charge in [-0.15, -0.1) is 11.3 Å². The SMILES string of the molecule is CC(=O)c1ccc(C(=O)N2CC(c3ccncc3)C2)s1. The highest BCUT2D eigenvalue weighted by Gasteiger charge is 2.32. The van der Waals surface area contributed by atoms with Crippen molar-refractivity contribution in [3.8, 4) is 0 Å². The van der Waals surface area contributed by atoms with Crippen molar-refractivity contribution >= 4 is 23.0 Å². The Morgan fingerprint density at radius 2 is 1.80 bits per heavy atom. The van der Waals surface area contributed by atoms with Crippen LogP contribution in [0.4, 0.5) is 0 Å². The number of Topliss-reactive ketones (excluding diaryl/α,β-unsaturated/α-hetero) is 1. The van der Waals surface area contributed by atoms with Gasteiger partial charge in [0, 0.05) is 31.4 Å². The summed E-state index contributed by atoms with van der Waals surface area (Å²) in [6.45, 7) is 2.98. The Bertz CT molecular complexity index is 645. The molecule has 1 aliphatic rings. The zero-order chi connectivity index (χ0) is 14.1. The molecule has 0 aromatic carbocycles. The van der Waals surface area contributed by atoms with Gasteiger partial charge in [0.25, 0.3) is 5.91 Å². The van der Waals surface area contributed by atoms with Gasteiger partial charge in [0.15, 0.2) is 5.78 Å². The van der Waals surface area contributed by atoms with Crippen molar-refractivity contribution in [1.82, 2.24) is 9.88 Å². The van der Waals surface area contributed by atoms with Crippen LogP contribution in [0, 0.1) is 0 Å². The van der Waals surface area contributed by atoms with Crippen LogP contribution >= 0.6 is 11.3 Å². The molecule has 0 spiro atoms. The van der Waals surface area contributed by atoms with E-state index >= 15 is 0 Å². The third-order valence-corrected chi connectivity index (χ3v) is 4.68. The fourth-order valence-electron chi connectivity index (χ4n) is 2.29. The Morgan fingerprint density at radius 3 is 2.40 bits per heavy atom. The highest BCUT2D eigenvalue weighted by atomic mass is 32.1. The summed E-state index contributed by atoms with van der Waals surface area (Å²) < 4.78 is 0. The first-order valence-electron chi connectivity index (χ1n) is 6.45. The standard InChI is InChI=1S/C15H14N2O2S/c1-10(18)13-2-3-14(20-13)15(19)17-8-12(9-17)11-4-6-16-7-5-11/h2-7,12H,8-9H2,1H3. The Hall–Kier alpha value is -2.01. The van der Waals surface area contributed by atoms with Crippen LogP contribution in [0.15, 0.2) is 36.7 Å². The molecule has 0 N–H and O–H groups in total. The van der Waals surface area contributed by atoms with Crippen molar-refractivity contribution in [2.45, 2.75) is 12.8 Å². The number of rotatable bonds is 3. The Kier molecular flexibility index (Phi) is 3.36. The molecule has 1 saturated heterocycles. The van der Waals surface area contributed by atoms with E-state index in [9.17, 15) is 9.59 Å². The van der Waals surface area contributed by atoms with Gasteiger partial charge in [0.2, 0.25) is 0 Å². The number of hydrogen-bond donors (Lipinski definition) is 0. The molecular weight excluding hydrogens is 272 g/mol. The average molecular weight is 286 g/mol. The highest BCUT2D eigenvalue weighted by Crippen LogP contribution is 2.29. The summed E-state index contributed by atoms with van der Waals surface area (Å²) in [5, 5.41) is 0. The van der Waals surface area contributed by atoms with E-state index in [0.717, 1.165) is 13.1 Å². The van der Waals surface area contributed by atoms with E-state index in [1.807, 2.05) is 17.0 Å². The van der Waals surface area contributed by atoms with E-state index < -0.39 is 0 Å². The van der Waals surface area contributed by atoms with Crippen molar-refractivity contribution < 1.29 is 9.59 Å². The number of aromatic nitrogens is 1. The molecule has 0 radical (unpaired) electrons. The summed E-state index contributed by atoms with van der Waals surface area (Å²) in [6, 6.07) is 7.45. The highest BCUT2D eigenvalue weighted by molar-refractivity contribution is 7.15. The van der Waals surface area contributed by atoms with Gasteiger partial charge in [-0.2, -0.15) is 0 Å². The minimum atomic E-state index is 0.00678. The molecule has 0 saturated carbocycles. The summed E-state index contributed by atoms with van der Waals surface area (Å²) >= 11 is 1.27. The van der Waals surface area contributed by atoms with Crippen LogP contribution in [-0.4, -0.2) is 34.7 Å². The molecule has 2 aromatic heterocycles. The lowest BCUT2D eigenvalue weighted by molar-refractivity contribution is 0.0607. The van der Waals surface area contributed by atoms with Crippen LogP contribution in [0.5, 0.6) is 0 Å². The van der Waals surface area contributed by atoms with Gasteiger partial charge in [0.05, 0.1) is 9.75 Å². The van der Waals surface area contributed by atoms with E-state index in [1.54, 1.807) is 24.5 Å². The number of ketones is 1. The molecule has 3 heterocycles. The number of carbonyl (C=O) groups is 2. The van der Waals surface area contributed by atoms with E-state index in [-0.39, 0.29) is 11.7 Å². The van der Waals surface area contributed by atoms with Crippen molar-refractivity contribution in [1.29, 1.82) is 0 Å². The molecule has 4 nitrogen and oxygen atoms in total. The normalized spacial score (nSPS) is 14.9. The first-order chi connectivity index (χ1) is 9.65. The number of nitrogens with zero attached hydrogens (tertiary/aromatic N) is 2. The van der Waals surface area contributed by atoms with E-state index in [2.05, 4.69) is 4.98 Å². The third kappa shape index (κ3) is 2.36. The molecular formula is C15H14N2O2S. The van der Waals surface area contributed by atoms with Crippen LogP contribution in [-0.2, 0) is 0 Å². The molecule has 2 aromatic rings. The van der Waals surface area contributed by atoms with Gasteiger partial charge < -0.3 is 4.90 Å². The van der Waals surface area contributed by atoms with Crippen LogP contribution in [0.25, 0.3) is 0 Å². The van der Waals surface area contributed by atoms with Gasteiger partial charge >= 0.3 is 0 Å². The van der Waals surface area contributed by atoms with Crippen LogP contribution in [0.1, 0.15) is 37.7 Å². The smallest absolute Gasteiger partial charge is 0.263 e. The Balaban J connectivity index is 1.64. The van der Waals surface area contributed by atoms with Crippen molar-refractivity contribution in [3.05, 3.63) is 52.0 Å². The zero-order valence-corrected chi connectivity index (χ0v) is 11.9. The molecule has 102 valence electrons. The predicted octanol–water partition coefficient (Wildman–Crippen LogP) is 2.59. The molecule has 3 rings (SSSR count). The summed E-state index contributed by atoms with van der Waals surface area (Å²) in [4.78, 5) is 30.6. The zero-order valence-electron chi connectivity index (χ0n) is 11.1. The number of pyridine rings is 1. The molecule has 0 bridgehead atoms. The molecule has 1 aliphatic heterocycles. The maximum atomic E-state index is 12.3. The molecule has 1 amide bonds. The first kappa shape index (κ1) is 13.0. The maximum Gasteiger partial charge on any atom is 0.263 e. The number of thiophene rings is 1. The topological polar surface area (TPSA) is 50.3 Å². The Morgan fingerprint density at radius 1 is 1.15 bits per heavy atom. The van der Waals surface area contributed by atoms with Gasteiger partial charge in [0.1, 0.15) is 0 Å². The van der Waals surface area contributed by atoms with Crippen LogP contribution in [0.2, 0.25) is 0 Å². The van der Waals surface area contributed by atoms with Gasteiger partial charge in [-0.1, -0.05) is 0 Å². The molecule has 5 heteroatoms. The van der Waals surface area contributed by atoms with E-state index in [4.69, 9.17) is 0 Å². The predicted molar refractivity (Wildman–Crippen MR) is 77.2 cm³/mol. The van der Waals surface area contributed by atoms with E-state index in [1.165, 1.54) is 23.8 Å². The first-order valence-corrected chi connectivity index (χ1v) is 7.27. The van der Waals surface area contributed by atoms with Gasteiger partial charge in [-0.05, 0) is 36.8 Å². The molecule has 0 unspecified atom stereocenters. The fourth-order valence-corrected chi connectivity index (χ4v) is 3.16. The lowest BCUT2D eigenvalue weighted by atomic mass is 9.92. The second-order valence-corrected chi connectivity index (χ2v) is 5.99. The van der Waals surface area contributed by atoms with Crippen molar-refractivity contribution in [2.75, 3.05) is 13.1 Å². The van der Waals surface area contributed by atoms with E-state index in [0.29, 0.717) is 15.7 Å². The Labute approximate surface area is 121 Å². The number of amides is 1. The molecule has 0 atom stereocenters. The van der Waals surface area contributed by atoms with Crippen LogP contribution < -0.4 is 0 Å². The summed E-state index contributed by atoms with van der Waals surface area (Å²) in [5.74, 6) is 0.425. The summed E-state index contributed by atoms with van der Waals surface area (Å²) in [7, 11) is 0. The fraction of sp³-hybridized carbons (Fsp3) is 0.267. The number of carbonyl (C=O) groups excluding carboxylic acids is 2. The quantitative estimate of drug-likeness (QED) is 0.815. The average Bonchev–Trinajstić information content (AvgIpc) is 2.88. The minimum absolute atomic E-state index is 0.00678. The summed E-state index contributed by atoms with van der Waals surface area (Å²) in [6.07, 6.45) is 3.55. The van der Waals surface area contributed by atoms with Gasteiger partial charge in [-0.25, -0.2) is 0 Å². The largest absolute Gasteiger partial charge is 0.337 e. The molecule has 20 heavy (non-hydrogen) atoms. The second-order valence-electron chi connectivity index (χ2n) is 4.91. The number of likely N-dealkylation sites (tertiary alicyclic amines) is 1. The summed E-state index contributed by atoms with van der Waals surface area (Å²) in [5.41, 5.74) is 1.22.